The Morgan fingerprint density at radius 2 is 2.25 bits per heavy atom. The van der Waals surface area contributed by atoms with Crippen molar-refractivity contribution in [2.24, 2.45) is 11.1 Å². The van der Waals surface area contributed by atoms with E-state index in [0.717, 1.165) is 37.7 Å². The van der Waals surface area contributed by atoms with Crippen LogP contribution >= 0.6 is 0 Å². The molecule has 20 heavy (non-hydrogen) atoms. The number of hydrogen-bond donors (Lipinski definition) is 2. The molecule has 0 atom stereocenters. The molecule has 1 heterocycles. The second-order valence-electron chi connectivity index (χ2n) is 5.23. The van der Waals surface area contributed by atoms with Crippen LogP contribution in [0.3, 0.4) is 0 Å². The summed E-state index contributed by atoms with van der Waals surface area (Å²) in [6, 6.07) is 3.60. The highest BCUT2D eigenvalue weighted by molar-refractivity contribution is 5.94. The summed E-state index contributed by atoms with van der Waals surface area (Å²) < 4.78 is 0. The first kappa shape index (κ1) is 14.5. The van der Waals surface area contributed by atoms with E-state index in [1.165, 1.54) is 0 Å². The number of carbonyl (C=O) groups excluding carboxylic acids is 1. The first-order chi connectivity index (χ1) is 9.70. The van der Waals surface area contributed by atoms with E-state index in [2.05, 4.69) is 29.1 Å². The van der Waals surface area contributed by atoms with Gasteiger partial charge in [0.05, 0.1) is 6.54 Å². The molecule has 0 spiro atoms. The molecule has 0 unspecified atom stereocenters. The second-order valence-corrected chi connectivity index (χ2v) is 5.23. The van der Waals surface area contributed by atoms with E-state index in [4.69, 9.17) is 5.73 Å². The van der Waals surface area contributed by atoms with Crippen LogP contribution in [0.1, 0.15) is 44.6 Å². The Morgan fingerprint density at radius 3 is 2.90 bits per heavy atom. The van der Waals surface area contributed by atoms with Crippen LogP contribution in [0.25, 0.3) is 0 Å². The zero-order valence-electron chi connectivity index (χ0n) is 11.9. The van der Waals surface area contributed by atoms with Crippen molar-refractivity contribution in [3.05, 3.63) is 23.9 Å². The molecule has 0 radical (unpaired) electrons. The summed E-state index contributed by atoms with van der Waals surface area (Å²) in [4.78, 5) is 16.7. The molecule has 1 amide bonds. The highest BCUT2D eigenvalue weighted by Crippen LogP contribution is 2.41. The van der Waals surface area contributed by atoms with Gasteiger partial charge in [0.2, 0.25) is 5.91 Å². The highest BCUT2D eigenvalue weighted by Gasteiger charge is 2.39. The number of anilines is 1. The molecule has 0 bridgehead atoms. The van der Waals surface area contributed by atoms with Crippen LogP contribution in [0, 0.1) is 17.3 Å². The number of amides is 1. The fourth-order valence-corrected chi connectivity index (χ4v) is 2.77. The molecule has 1 saturated carbocycles. The third-order valence-electron chi connectivity index (χ3n) is 4.06. The van der Waals surface area contributed by atoms with E-state index in [1.807, 2.05) is 6.07 Å². The highest BCUT2D eigenvalue weighted by atomic mass is 16.2. The summed E-state index contributed by atoms with van der Waals surface area (Å²) in [5, 5.41) is 2.94. The fraction of sp³-hybridized carbons (Fsp3) is 0.500. The van der Waals surface area contributed by atoms with Crippen LogP contribution in [0.5, 0.6) is 0 Å². The molecular formula is C16H21N3O. The minimum atomic E-state index is -0.208. The molecule has 0 aliphatic heterocycles. The number of carbonyl (C=O) groups is 1. The molecule has 0 saturated heterocycles. The maximum Gasteiger partial charge on any atom is 0.231 e. The van der Waals surface area contributed by atoms with Crippen molar-refractivity contribution in [2.75, 3.05) is 11.9 Å². The average Bonchev–Trinajstić information content (AvgIpc) is 2.95. The van der Waals surface area contributed by atoms with Gasteiger partial charge in [-0.05, 0) is 31.4 Å². The molecule has 0 aromatic carbocycles. The minimum Gasteiger partial charge on any atom is -0.320 e. The first-order valence-electron chi connectivity index (χ1n) is 7.16. The number of nitrogens with two attached hydrogens (primary N) is 1. The van der Waals surface area contributed by atoms with Gasteiger partial charge in [-0.25, -0.2) is 4.98 Å². The van der Waals surface area contributed by atoms with Crippen LogP contribution in [0.4, 0.5) is 5.82 Å². The van der Waals surface area contributed by atoms with Crippen LogP contribution in [0.15, 0.2) is 18.3 Å². The molecule has 4 nitrogen and oxygen atoms in total. The molecule has 1 fully saturated rings. The molecule has 3 N–H and O–H groups in total. The van der Waals surface area contributed by atoms with E-state index in [-0.39, 0.29) is 11.3 Å². The molecule has 2 rings (SSSR count). The van der Waals surface area contributed by atoms with Gasteiger partial charge in [0.15, 0.2) is 0 Å². The Bertz CT molecular complexity index is 536. The van der Waals surface area contributed by atoms with Gasteiger partial charge >= 0.3 is 0 Å². The minimum absolute atomic E-state index is 0.0916. The Balaban J connectivity index is 2.11. The SMILES string of the molecule is CCC1(C(=O)Nc2cc(C#CCN)ccn2)CCCC1. The standard InChI is InChI=1S/C16H21N3O/c1-2-16(8-3-4-9-16)15(20)19-14-12-13(6-5-10-17)7-11-18-14/h7,11-12H,2-4,8-10,17H2,1H3,(H,18,19,20). The summed E-state index contributed by atoms with van der Waals surface area (Å²) >= 11 is 0. The Kier molecular flexibility index (Phi) is 4.75. The number of hydrogen-bond acceptors (Lipinski definition) is 3. The van der Waals surface area contributed by atoms with Crippen molar-refractivity contribution in [3.8, 4) is 11.8 Å². The van der Waals surface area contributed by atoms with E-state index in [0.29, 0.717) is 12.4 Å². The van der Waals surface area contributed by atoms with Gasteiger partial charge in [0, 0.05) is 17.2 Å². The van der Waals surface area contributed by atoms with Crippen molar-refractivity contribution in [2.45, 2.75) is 39.0 Å². The Labute approximate surface area is 120 Å². The molecule has 1 aromatic rings. The lowest BCUT2D eigenvalue weighted by molar-refractivity contribution is -0.125. The quantitative estimate of drug-likeness (QED) is 0.829. The Morgan fingerprint density at radius 1 is 1.50 bits per heavy atom. The number of aromatic nitrogens is 1. The van der Waals surface area contributed by atoms with Gasteiger partial charge in [-0.15, -0.1) is 0 Å². The monoisotopic (exact) mass is 271 g/mol. The molecule has 1 aromatic heterocycles. The van der Waals surface area contributed by atoms with Gasteiger partial charge in [-0.2, -0.15) is 0 Å². The van der Waals surface area contributed by atoms with Crippen molar-refractivity contribution >= 4 is 11.7 Å². The molecule has 4 heteroatoms. The topological polar surface area (TPSA) is 68.0 Å². The maximum atomic E-state index is 12.5. The van der Waals surface area contributed by atoms with Gasteiger partial charge in [-0.3, -0.25) is 4.79 Å². The summed E-state index contributed by atoms with van der Waals surface area (Å²) in [5.41, 5.74) is 5.96. The lowest BCUT2D eigenvalue weighted by Gasteiger charge is -2.25. The van der Waals surface area contributed by atoms with Crippen LogP contribution in [-0.2, 0) is 4.79 Å². The molecular weight excluding hydrogens is 250 g/mol. The second kappa shape index (κ2) is 6.53. The lowest BCUT2D eigenvalue weighted by Crippen LogP contribution is -2.33. The first-order valence-corrected chi connectivity index (χ1v) is 7.16. The third kappa shape index (κ3) is 3.17. The van der Waals surface area contributed by atoms with Crippen molar-refractivity contribution in [1.82, 2.24) is 4.98 Å². The normalized spacial score (nSPS) is 16.3. The zero-order chi connectivity index (χ0) is 14.4. The molecule has 106 valence electrons. The molecule has 1 aliphatic rings. The zero-order valence-corrected chi connectivity index (χ0v) is 11.9. The van der Waals surface area contributed by atoms with Gasteiger partial charge in [0.25, 0.3) is 0 Å². The van der Waals surface area contributed by atoms with Crippen molar-refractivity contribution < 1.29 is 4.79 Å². The lowest BCUT2D eigenvalue weighted by atomic mass is 9.82. The number of nitrogens with one attached hydrogen (secondary N) is 1. The van der Waals surface area contributed by atoms with E-state index in [9.17, 15) is 4.79 Å². The summed E-state index contributed by atoms with van der Waals surface area (Å²) in [7, 11) is 0. The number of rotatable bonds is 3. The van der Waals surface area contributed by atoms with Gasteiger partial charge < -0.3 is 11.1 Å². The smallest absolute Gasteiger partial charge is 0.231 e. The third-order valence-corrected chi connectivity index (χ3v) is 4.06. The van der Waals surface area contributed by atoms with E-state index >= 15 is 0 Å². The largest absolute Gasteiger partial charge is 0.320 e. The van der Waals surface area contributed by atoms with Crippen LogP contribution in [-0.4, -0.2) is 17.4 Å². The predicted octanol–water partition coefficient (Wildman–Crippen LogP) is 2.30. The predicted molar refractivity (Wildman–Crippen MR) is 80.0 cm³/mol. The number of pyridine rings is 1. The Hall–Kier alpha value is -1.86. The van der Waals surface area contributed by atoms with Crippen LogP contribution < -0.4 is 11.1 Å². The fourth-order valence-electron chi connectivity index (χ4n) is 2.77. The summed E-state index contributed by atoms with van der Waals surface area (Å²) in [6.45, 7) is 2.41. The average molecular weight is 271 g/mol. The molecule has 1 aliphatic carbocycles. The van der Waals surface area contributed by atoms with E-state index in [1.54, 1.807) is 12.3 Å². The van der Waals surface area contributed by atoms with Crippen molar-refractivity contribution in [1.29, 1.82) is 0 Å². The van der Waals surface area contributed by atoms with Gasteiger partial charge in [0.1, 0.15) is 5.82 Å². The summed E-state index contributed by atoms with van der Waals surface area (Å²) in [5.74, 6) is 6.40. The van der Waals surface area contributed by atoms with E-state index < -0.39 is 0 Å². The van der Waals surface area contributed by atoms with Crippen molar-refractivity contribution in [3.63, 3.8) is 0 Å². The van der Waals surface area contributed by atoms with Gasteiger partial charge in [-0.1, -0.05) is 31.6 Å². The van der Waals surface area contributed by atoms with Crippen LogP contribution in [0.2, 0.25) is 0 Å². The summed E-state index contributed by atoms with van der Waals surface area (Å²) in [6.07, 6.45) is 6.76. The maximum absolute atomic E-state index is 12.5. The number of nitrogens with zero attached hydrogens (tertiary/aromatic N) is 1.